The van der Waals surface area contributed by atoms with Gasteiger partial charge in [-0.15, -0.1) is 0 Å². The van der Waals surface area contributed by atoms with Gasteiger partial charge in [-0.05, 0) is 24.4 Å². The van der Waals surface area contributed by atoms with Crippen LogP contribution in [0.1, 0.15) is 6.92 Å². The minimum Gasteiger partial charge on any atom is -0.480 e. The standard InChI is InChI=1S/C12H13N3O2/c1-7(12(16)17)15-11-10-8(5-6-14-11)3-2-4-9(10)13/h2-7H,13H2,1H3,(H,14,15)(H,16,17). The molecule has 17 heavy (non-hydrogen) atoms. The quantitative estimate of drug-likeness (QED) is 0.700. The van der Waals surface area contributed by atoms with Crippen LogP contribution in [0.15, 0.2) is 30.5 Å². The van der Waals surface area contributed by atoms with Crippen LogP contribution in [0, 0.1) is 0 Å². The molecule has 2 rings (SSSR count). The van der Waals surface area contributed by atoms with Crippen molar-refractivity contribution in [3.05, 3.63) is 30.5 Å². The molecule has 88 valence electrons. The number of nitrogens with zero attached hydrogens (tertiary/aromatic N) is 1. The normalized spacial score (nSPS) is 12.3. The Kier molecular flexibility index (Phi) is 2.82. The number of hydrogen-bond acceptors (Lipinski definition) is 4. The fraction of sp³-hybridized carbons (Fsp3) is 0.167. The van der Waals surface area contributed by atoms with Gasteiger partial charge in [-0.1, -0.05) is 12.1 Å². The fourth-order valence-corrected chi connectivity index (χ4v) is 1.63. The van der Waals surface area contributed by atoms with Crippen LogP contribution in [-0.4, -0.2) is 22.1 Å². The third-order valence-electron chi connectivity index (χ3n) is 2.55. The van der Waals surface area contributed by atoms with Gasteiger partial charge in [0.25, 0.3) is 0 Å². The highest BCUT2D eigenvalue weighted by Gasteiger charge is 2.13. The maximum absolute atomic E-state index is 10.8. The topological polar surface area (TPSA) is 88.2 Å². The number of carboxylic acid groups (broad SMARTS) is 1. The molecule has 1 aromatic carbocycles. The molecule has 4 N–H and O–H groups in total. The maximum atomic E-state index is 10.8. The van der Waals surface area contributed by atoms with Crippen molar-refractivity contribution in [1.29, 1.82) is 0 Å². The molecule has 0 bridgehead atoms. The van der Waals surface area contributed by atoms with Crippen LogP contribution < -0.4 is 11.1 Å². The van der Waals surface area contributed by atoms with E-state index in [0.29, 0.717) is 11.5 Å². The molecule has 0 aliphatic heterocycles. The van der Waals surface area contributed by atoms with Crippen molar-refractivity contribution in [2.75, 3.05) is 11.1 Å². The van der Waals surface area contributed by atoms with Gasteiger partial charge in [0, 0.05) is 17.3 Å². The molecule has 1 aromatic heterocycles. The van der Waals surface area contributed by atoms with E-state index < -0.39 is 12.0 Å². The second-order valence-electron chi connectivity index (χ2n) is 3.81. The molecule has 1 heterocycles. The third-order valence-corrected chi connectivity index (χ3v) is 2.55. The second-order valence-corrected chi connectivity index (χ2v) is 3.81. The summed E-state index contributed by atoms with van der Waals surface area (Å²) in [5.74, 6) is -0.436. The second kappa shape index (κ2) is 4.29. The van der Waals surface area contributed by atoms with E-state index in [0.717, 1.165) is 10.8 Å². The summed E-state index contributed by atoms with van der Waals surface area (Å²) in [4.78, 5) is 14.9. The number of rotatable bonds is 3. The molecule has 0 aliphatic carbocycles. The molecule has 0 radical (unpaired) electrons. The van der Waals surface area contributed by atoms with Crippen LogP contribution in [0.3, 0.4) is 0 Å². The highest BCUT2D eigenvalue weighted by Crippen LogP contribution is 2.27. The van der Waals surface area contributed by atoms with E-state index >= 15 is 0 Å². The molecule has 0 amide bonds. The highest BCUT2D eigenvalue weighted by atomic mass is 16.4. The number of benzene rings is 1. The molecule has 0 saturated heterocycles. The Morgan fingerprint density at radius 1 is 1.47 bits per heavy atom. The van der Waals surface area contributed by atoms with Crippen molar-refractivity contribution in [3.63, 3.8) is 0 Å². The van der Waals surface area contributed by atoms with Crippen LogP contribution in [0.5, 0.6) is 0 Å². The number of aromatic nitrogens is 1. The van der Waals surface area contributed by atoms with E-state index in [-0.39, 0.29) is 0 Å². The molecule has 1 atom stereocenters. The first-order valence-corrected chi connectivity index (χ1v) is 5.22. The number of carbonyl (C=O) groups is 1. The van der Waals surface area contributed by atoms with Gasteiger partial charge >= 0.3 is 5.97 Å². The number of carboxylic acids is 1. The van der Waals surface area contributed by atoms with Crippen LogP contribution in [0.25, 0.3) is 10.8 Å². The van der Waals surface area contributed by atoms with Gasteiger partial charge in [-0.25, -0.2) is 4.98 Å². The van der Waals surface area contributed by atoms with Gasteiger partial charge in [-0.2, -0.15) is 0 Å². The summed E-state index contributed by atoms with van der Waals surface area (Å²) in [6.07, 6.45) is 1.62. The lowest BCUT2D eigenvalue weighted by Crippen LogP contribution is -2.26. The van der Waals surface area contributed by atoms with Crippen molar-refractivity contribution < 1.29 is 9.90 Å². The summed E-state index contributed by atoms with van der Waals surface area (Å²) < 4.78 is 0. The molecule has 2 aromatic rings. The van der Waals surface area contributed by atoms with Gasteiger partial charge in [-0.3, -0.25) is 4.79 Å². The SMILES string of the molecule is CC(Nc1nccc2cccc(N)c12)C(=O)O. The molecular formula is C12H13N3O2. The van der Waals surface area contributed by atoms with Crippen molar-refractivity contribution in [3.8, 4) is 0 Å². The first-order chi connectivity index (χ1) is 8.09. The Labute approximate surface area is 98.3 Å². The number of hydrogen-bond donors (Lipinski definition) is 3. The average Bonchev–Trinajstić information content (AvgIpc) is 2.29. The van der Waals surface area contributed by atoms with Crippen LogP contribution in [0.2, 0.25) is 0 Å². The van der Waals surface area contributed by atoms with E-state index in [4.69, 9.17) is 10.8 Å². The Morgan fingerprint density at radius 3 is 2.94 bits per heavy atom. The Hall–Kier alpha value is -2.30. The number of nitrogens with one attached hydrogen (secondary N) is 1. The minimum atomic E-state index is -0.932. The first kappa shape index (κ1) is 11.2. The van der Waals surface area contributed by atoms with E-state index in [9.17, 15) is 4.79 Å². The number of nitrogens with two attached hydrogens (primary N) is 1. The summed E-state index contributed by atoms with van der Waals surface area (Å²) in [5.41, 5.74) is 6.46. The summed E-state index contributed by atoms with van der Waals surface area (Å²) >= 11 is 0. The predicted molar refractivity (Wildman–Crippen MR) is 66.9 cm³/mol. The zero-order valence-corrected chi connectivity index (χ0v) is 9.34. The zero-order valence-electron chi connectivity index (χ0n) is 9.34. The van der Waals surface area contributed by atoms with Gasteiger partial charge < -0.3 is 16.2 Å². The lowest BCUT2D eigenvalue weighted by molar-refractivity contribution is -0.137. The number of pyridine rings is 1. The van der Waals surface area contributed by atoms with Crippen molar-refractivity contribution in [2.24, 2.45) is 0 Å². The summed E-state index contributed by atoms with van der Waals surface area (Å²) in [5, 5.41) is 13.4. The van der Waals surface area contributed by atoms with E-state index in [2.05, 4.69) is 10.3 Å². The van der Waals surface area contributed by atoms with E-state index in [1.54, 1.807) is 19.2 Å². The summed E-state index contributed by atoms with van der Waals surface area (Å²) in [6.45, 7) is 1.56. The predicted octanol–water partition coefficient (Wildman–Crippen LogP) is 1.70. The summed E-state index contributed by atoms with van der Waals surface area (Å²) in [7, 11) is 0. The van der Waals surface area contributed by atoms with Crippen LogP contribution in [-0.2, 0) is 4.79 Å². The largest absolute Gasteiger partial charge is 0.480 e. The third kappa shape index (κ3) is 2.13. The first-order valence-electron chi connectivity index (χ1n) is 5.22. The minimum absolute atomic E-state index is 0.496. The Bertz CT molecular complexity index is 563. The molecule has 5 heteroatoms. The maximum Gasteiger partial charge on any atom is 0.325 e. The fourth-order valence-electron chi connectivity index (χ4n) is 1.63. The monoisotopic (exact) mass is 231 g/mol. The lowest BCUT2D eigenvalue weighted by atomic mass is 10.1. The van der Waals surface area contributed by atoms with Gasteiger partial charge in [0.05, 0.1) is 0 Å². The number of fused-ring (bicyclic) bond motifs is 1. The molecule has 0 spiro atoms. The van der Waals surface area contributed by atoms with Gasteiger partial charge in [0.2, 0.25) is 0 Å². The van der Waals surface area contributed by atoms with Crippen LogP contribution in [0.4, 0.5) is 11.5 Å². The summed E-state index contributed by atoms with van der Waals surface area (Å²) in [6, 6.07) is 6.64. The smallest absolute Gasteiger partial charge is 0.325 e. The molecule has 0 aliphatic rings. The van der Waals surface area contributed by atoms with Gasteiger partial charge in [0.15, 0.2) is 0 Å². The average molecular weight is 231 g/mol. The van der Waals surface area contributed by atoms with Gasteiger partial charge in [0.1, 0.15) is 11.9 Å². The highest BCUT2D eigenvalue weighted by molar-refractivity contribution is 6.01. The molecular weight excluding hydrogens is 218 g/mol. The zero-order chi connectivity index (χ0) is 12.4. The Balaban J connectivity index is 2.50. The lowest BCUT2D eigenvalue weighted by Gasteiger charge is -2.13. The van der Waals surface area contributed by atoms with Crippen molar-refractivity contribution in [1.82, 2.24) is 4.98 Å². The van der Waals surface area contributed by atoms with Crippen molar-refractivity contribution in [2.45, 2.75) is 13.0 Å². The molecule has 0 saturated carbocycles. The van der Waals surface area contributed by atoms with Crippen LogP contribution >= 0.6 is 0 Å². The molecule has 0 fully saturated rings. The molecule has 1 unspecified atom stereocenters. The molecule has 5 nitrogen and oxygen atoms in total. The Morgan fingerprint density at radius 2 is 2.24 bits per heavy atom. The number of nitrogen functional groups attached to an aromatic ring is 1. The van der Waals surface area contributed by atoms with Crippen molar-refractivity contribution >= 4 is 28.2 Å². The van der Waals surface area contributed by atoms with E-state index in [1.807, 2.05) is 18.2 Å². The van der Waals surface area contributed by atoms with E-state index in [1.165, 1.54) is 0 Å². The number of aliphatic carboxylic acids is 1. The number of anilines is 2.